The molecule has 0 aromatic heterocycles. The molecule has 0 bridgehead atoms. The van der Waals surface area contributed by atoms with E-state index in [9.17, 15) is 0 Å². The van der Waals surface area contributed by atoms with Gasteiger partial charge in [0.2, 0.25) is 7.41 Å². The molecular formula is C10H13BN. The van der Waals surface area contributed by atoms with E-state index >= 15 is 0 Å². The van der Waals surface area contributed by atoms with Crippen molar-refractivity contribution in [3.05, 3.63) is 30.3 Å². The molecule has 1 aromatic carbocycles. The average molecular weight is 158 g/mol. The van der Waals surface area contributed by atoms with Crippen molar-refractivity contribution in [2.24, 2.45) is 0 Å². The van der Waals surface area contributed by atoms with Gasteiger partial charge < -0.3 is 4.81 Å². The smallest absolute Gasteiger partial charge is 0.247 e. The Labute approximate surface area is 74.7 Å². The minimum atomic E-state index is 1.23. The summed E-state index contributed by atoms with van der Waals surface area (Å²) >= 11 is 0. The Hall–Kier alpha value is -0.755. The first kappa shape index (κ1) is 7.87. The third-order valence-corrected chi connectivity index (χ3v) is 2.27. The van der Waals surface area contributed by atoms with Gasteiger partial charge in [-0.25, -0.2) is 0 Å². The monoisotopic (exact) mass is 158 g/mol. The standard InChI is InChI=1S/C10H13BN/c1-2-6-10(7-3-1)11-12-8-4-5-9-12/h1-3,6-7H,4-5,8-9H2. The predicted octanol–water partition coefficient (Wildman–Crippen LogP) is 1.03. The molecule has 1 fully saturated rings. The quantitative estimate of drug-likeness (QED) is 0.581. The molecule has 1 heterocycles. The summed E-state index contributed by atoms with van der Waals surface area (Å²) in [5.41, 5.74) is 1.32. The normalized spacial score (nSPS) is 18.0. The Morgan fingerprint density at radius 3 is 2.33 bits per heavy atom. The summed E-state index contributed by atoms with van der Waals surface area (Å²) in [7, 11) is 2.26. The van der Waals surface area contributed by atoms with Crippen LogP contribution in [0.5, 0.6) is 0 Å². The van der Waals surface area contributed by atoms with Crippen molar-refractivity contribution in [1.29, 1.82) is 0 Å². The van der Waals surface area contributed by atoms with E-state index in [-0.39, 0.29) is 0 Å². The third-order valence-electron chi connectivity index (χ3n) is 2.27. The first-order valence-corrected chi connectivity index (χ1v) is 4.59. The highest BCUT2D eigenvalue weighted by molar-refractivity contribution is 6.50. The van der Waals surface area contributed by atoms with E-state index in [1.807, 2.05) is 0 Å². The SMILES string of the molecule is [B](c1ccccc1)N1CCCC1. The van der Waals surface area contributed by atoms with Gasteiger partial charge in [-0.05, 0) is 25.9 Å². The lowest BCUT2D eigenvalue weighted by molar-refractivity contribution is 0.557. The molecular weight excluding hydrogens is 145 g/mol. The van der Waals surface area contributed by atoms with E-state index in [4.69, 9.17) is 0 Å². The Morgan fingerprint density at radius 2 is 1.67 bits per heavy atom. The predicted molar refractivity (Wildman–Crippen MR) is 52.6 cm³/mol. The summed E-state index contributed by atoms with van der Waals surface area (Å²) in [6.45, 7) is 2.46. The molecule has 1 radical (unpaired) electrons. The van der Waals surface area contributed by atoms with Gasteiger partial charge in [-0.1, -0.05) is 35.8 Å². The molecule has 0 amide bonds. The van der Waals surface area contributed by atoms with Crippen LogP contribution in [0.15, 0.2) is 30.3 Å². The maximum absolute atomic E-state index is 2.40. The van der Waals surface area contributed by atoms with Gasteiger partial charge in [-0.3, -0.25) is 0 Å². The summed E-state index contributed by atoms with van der Waals surface area (Å²) in [5, 5.41) is 0. The molecule has 0 saturated carbocycles. The highest BCUT2D eigenvalue weighted by Gasteiger charge is 2.12. The topological polar surface area (TPSA) is 3.24 Å². The van der Waals surface area contributed by atoms with Gasteiger partial charge in [0.25, 0.3) is 0 Å². The number of hydrogen-bond donors (Lipinski definition) is 0. The zero-order chi connectivity index (χ0) is 8.23. The van der Waals surface area contributed by atoms with Crippen LogP contribution in [0.25, 0.3) is 0 Å². The molecule has 1 nitrogen and oxygen atoms in total. The van der Waals surface area contributed by atoms with Crippen molar-refractivity contribution in [1.82, 2.24) is 4.81 Å². The Balaban J connectivity index is 1.94. The molecule has 0 unspecified atom stereocenters. The zero-order valence-corrected chi connectivity index (χ0v) is 7.24. The molecule has 1 aliphatic heterocycles. The van der Waals surface area contributed by atoms with Gasteiger partial charge >= 0.3 is 0 Å². The highest BCUT2D eigenvalue weighted by Crippen LogP contribution is 2.04. The van der Waals surface area contributed by atoms with Gasteiger partial charge in [0.05, 0.1) is 0 Å². The fraction of sp³-hybridized carbons (Fsp3) is 0.400. The van der Waals surface area contributed by atoms with Crippen LogP contribution in [0.1, 0.15) is 12.8 Å². The molecule has 0 spiro atoms. The molecule has 2 heteroatoms. The van der Waals surface area contributed by atoms with Gasteiger partial charge in [0.15, 0.2) is 0 Å². The van der Waals surface area contributed by atoms with Gasteiger partial charge in [-0.15, -0.1) is 0 Å². The summed E-state index contributed by atoms with van der Waals surface area (Å²) in [4.78, 5) is 2.40. The molecule has 1 saturated heterocycles. The summed E-state index contributed by atoms with van der Waals surface area (Å²) in [6, 6.07) is 10.5. The van der Waals surface area contributed by atoms with Crippen molar-refractivity contribution < 1.29 is 0 Å². The van der Waals surface area contributed by atoms with Crippen LogP contribution in [0.2, 0.25) is 0 Å². The molecule has 1 aromatic rings. The summed E-state index contributed by atoms with van der Waals surface area (Å²) in [6.07, 6.45) is 2.70. The van der Waals surface area contributed by atoms with Crippen LogP contribution in [-0.4, -0.2) is 25.3 Å². The average Bonchev–Trinajstić information content (AvgIpc) is 2.59. The fourth-order valence-electron chi connectivity index (χ4n) is 1.62. The van der Waals surface area contributed by atoms with E-state index in [1.54, 1.807) is 0 Å². The second-order valence-corrected chi connectivity index (χ2v) is 3.28. The molecule has 0 aliphatic carbocycles. The number of rotatable bonds is 2. The third kappa shape index (κ3) is 1.89. The van der Waals surface area contributed by atoms with Crippen LogP contribution in [-0.2, 0) is 0 Å². The van der Waals surface area contributed by atoms with Gasteiger partial charge in [-0.2, -0.15) is 0 Å². The maximum Gasteiger partial charge on any atom is 0.247 e. The van der Waals surface area contributed by atoms with Crippen molar-refractivity contribution in [2.75, 3.05) is 13.1 Å². The number of benzene rings is 1. The lowest BCUT2D eigenvalue weighted by Gasteiger charge is -2.12. The maximum atomic E-state index is 2.40. The Bertz CT molecular complexity index is 229. The summed E-state index contributed by atoms with van der Waals surface area (Å²) < 4.78 is 0. The Kier molecular flexibility index (Phi) is 2.47. The van der Waals surface area contributed by atoms with Crippen molar-refractivity contribution in [3.63, 3.8) is 0 Å². The fourth-order valence-corrected chi connectivity index (χ4v) is 1.62. The number of hydrogen-bond acceptors (Lipinski definition) is 1. The van der Waals surface area contributed by atoms with Crippen molar-refractivity contribution in [3.8, 4) is 0 Å². The lowest BCUT2D eigenvalue weighted by atomic mass is 9.81. The van der Waals surface area contributed by atoms with Crippen LogP contribution in [0.3, 0.4) is 0 Å². The van der Waals surface area contributed by atoms with Crippen molar-refractivity contribution in [2.45, 2.75) is 12.8 Å². The number of nitrogens with zero attached hydrogens (tertiary/aromatic N) is 1. The molecule has 12 heavy (non-hydrogen) atoms. The molecule has 61 valence electrons. The second-order valence-electron chi connectivity index (χ2n) is 3.28. The van der Waals surface area contributed by atoms with E-state index in [0.29, 0.717) is 0 Å². The zero-order valence-electron chi connectivity index (χ0n) is 7.24. The molecule has 1 aliphatic rings. The van der Waals surface area contributed by atoms with E-state index < -0.39 is 0 Å². The van der Waals surface area contributed by atoms with Crippen LogP contribution >= 0.6 is 0 Å². The minimum Gasteiger partial charge on any atom is -0.342 e. The molecule has 0 atom stereocenters. The molecule has 2 rings (SSSR count). The molecule has 0 N–H and O–H groups in total. The van der Waals surface area contributed by atoms with E-state index in [1.165, 1.54) is 31.4 Å². The Morgan fingerprint density at radius 1 is 1.00 bits per heavy atom. The van der Waals surface area contributed by atoms with E-state index in [2.05, 4.69) is 42.6 Å². The second kappa shape index (κ2) is 3.77. The van der Waals surface area contributed by atoms with Crippen LogP contribution < -0.4 is 5.46 Å². The minimum absolute atomic E-state index is 1.23. The lowest BCUT2D eigenvalue weighted by Crippen LogP contribution is -2.33. The van der Waals surface area contributed by atoms with Crippen LogP contribution in [0, 0.1) is 0 Å². The largest absolute Gasteiger partial charge is 0.342 e. The first-order chi connectivity index (χ1) is 5.95. The summed E-state index contributed by atoms with van der Waals surface area (Å²) in [5.74, 6) is 0. The van der Waals surface area contributed by atoms with Gasteiger partial charge in [0, 0.05) is 0 Å². The van der Waals surface area contributed by atoms with E-state index in [0.717, 1.165) is 0 Å². The van der Waals surface area contributed by atoms with Crippen LogP contribution in [0.4, 0.5) is 0 Å². The highest BCUT2D eigenvalue weighted by atomic mass is 15.1. The van der Waals surface area contributed by atoms with Gasteiger partial charge in [0.1, 0.15) is 0 Å². The first-order valence-electron chi connectivity index (χ1n) is 4.59. The van der Waals surface area contributed by atoms with Crippen molar-refractivity contribution >= 4 is 12.9 Å².